The van der Waals surface area contributed by atoms with Crippen LogP contribution < -0.4 is 10.5 Å². The Kier molecular flexibility index (Phi) is 4.31. The quantitative estimate of drug-likeness (QED) is 0.751. The van der Waals surface area contributed by atoms with Crippen molar-refractivity contribution in [2.45, 2.75) is 26.8 Å². The molecule has 0 aliphatic carbocycles. The van der Waals surface area contributed by atoms with Gasteiger partial charge in [0.1, 0.15) is 0 Å². The molecule has 0 saturated carbocycles. The summed E-state index contributed by atoms with van der Waals surface area (Å²) in [5, 5.41) is 0. The Morgan fingerprint density at radius 2 is 2.27 bits per heavy atom. The molecule has 1 aromatic rings. The number of pyridine rings is 1. The van der Waals surface area contributed by atoms with Crippen molar-refractivity contribution in [1.29, 1.82) is 0 Å². The van der Waals surface area contributed by atoms with Crippen LogP contribution in [0.4, 0.5) is 0 Å². The van der Waals surface area contributed by atoms with E-state index in [1.807, 2.05) is 26.0 Å². The maximum absolute atomic E-state index is 5.57. The van der Waals surface area contributed by atoms with Crippen molar-refractivity contribution in [2.24, 2.45) is 5.73 Å². The van der Waals surface area contributed by atoms with Gasteiger partial charge in [-0.1, -0.05) is 5.57 Å². The molecular weight excluding hydrogens is 188 g/mol. The van der Waals surface area contributed by atoms with Crippen LogP contribution in [0.3, 0.4) is 0 Å². The molecule has 3 heteroatoms. The lowest BCUT2D eigenvalue weighted by molar-refractivity contribution is 0.308. The van der Waals surface area contributed by atoms with Crippen molar-refractivity contribution in [1.82, 2.24) is 4.98 Å². The van der Waals surface area contributed by atoms with Gasteiger partial charge in [0.2, 0.25) is 5.88 Å². The van der Waals surface area contributed by atoms with Gasteiger partial charge in [-0.25, -0.2) is 4.98 Å². The van der Waals surface area contributed by atoms with E-state index in [-0.39, 0.29) is 0 Å². The fraction of sp³-hybridized carbons (Fsp3) is 0.417. The lowest BCUT2D eigenvalue weighted by Crippen LogP contribution is -2.03. The van der Waals surface area contributed by atoms with Crippen molar-refractivity contribution in [3.05, 3.63) is 35.5 Å². The summed E-state index contributed by atoms with van der Waals surface area (Å²) in [5.41, 5.74) is 8.66. The molecule has 15 heavy (non-hydrogen) atoms. The zero-order chi connectivity index (χ0) is 11.3. The first-order chi connectivity index (χ1) is 7.11. The molecule has 0 fully saturated rings. The molecule has 0 aliphatic rings. The van der Waals surface area contributed by atoms with Gasteiger partial charge in [-0.3, -0.25) is 0 Å². The number of hydrogen-bond acceptors (Lipinski definition) is 3. The SMILES string of the molecule is C=C(C)CCOc1cc(CN)cc(C)n1. The highest BCUT2D eigenvalue weighted by atomic mass is 16.5. The molecule has 0 radical (unpaired) electrons. The van der Waals surface area contributed by atoms with Crippen molar-refractivity contribution >= 4 is 0 Å². The second kappa shape index (κ2) is 5.51. The second-order valence-corrected chi connectivity index (χ2v) is 3.71. The van der Waals surface area contributed by atoms with Crippen molar-refractivity contribution < 1.29 is 4.74 Å². The largest absolute Gasteiger partial charge is 0.477 e. The van der Waals surface area contributed by atoms with E-state index in [2.05, 4.69) is 11.6 Å². The summed E-state index contributed by atoms with van der Waals surface area (Å²) >= 11 is 0. The maximum atomic E-state index is 5.57. The van der Waals surface area contributed by atoms with E-state index >= 15 is 0 Å². The number of nitrogens with two attached hydrogens (primary N) is 1. The van der Waals surface area contributed by atoms with E-state index in [0.29, 0.717) is 19.0 Å². The summed E-state index contributed by atoms with van der Waals surface area (Å²) in [7, 11) is 0. The third-order valence-electron chi connectivity index (χ3n) is 2.00. The number of aryl methyl sites for hydroxylation is 1. The number of aromatic nitrogens is 1. The average Bonchev–Trinajstić information content (AvgIpc) is 2.16. The number of ether oxygens (including phenoxy) is 1. The number of rotatable bonds is 5. The van der Waals surface area contributed by atoms with E-state index in [4.69, 9.17) is 10.5 Å². The molecular formula is C12H18N2O. The Balaban J connectivity index is 2.60. The molecule has 3 nitrogen and oxygen atoms in total. The van der Waals surface area contributed by atoms with Gasteiger partial charge in [-0.2, -0.15) is 0 Å². The Hall–Kier alpha value is -1.35. The topological polar surface area (TPSA) is 48.1 Å². The fourth-order valence-electron chi connectivity index (χ4n) is 1.23. The fourth-order valence-corrected chi connectivity index (χ4v) is 1.23. The second-order valence-electron chi connectivity index (χ2n) is 3.71. The molecule has 0 amide bonds. The van der Waals surface area contributed by atoms with Crippen LogP contribution in [0.5, 0.6) is 5.88 Å². The lowest BCUT2D eigenvalue weighted by atomic mass is 10.2. The summed E-state index contributed by atoms with van der Waals surface area (Å²) in [6, 6.07) is 3.84. The minimum absolute atomic E-state index is 0.514. The summed E-state index contributed by atoms with van der Waals surface area (Å²) in [5.74, 6) is 0.650. The molecule has 1 aromatic heterocycles. The first-order valence-corrected chi connectivity index (χ1v) is 5.06. The molecule has 2 N–H and O–H groups in total. The first-order valence-electron chi connectivity index (χ1n) is 5.06. The van der Waals surface area contributed by atoms with E-state index in [9.17, 15) is 0 Å². The van der Waals surface area contributed by atoms with Crippen molar-refractivity contribution in [3.63, 3.8) is 0 Å². The van der Waals surface area contributed by atoms with Crippen LogP contribution >= 0.6 is 0 Å². The van der Waals surface area contributed by atoms with Gasteiger partial charge < -0.3 is 10.5 Å². The summed E-state index contributed by atoms with van der Waals surface area (Å²) in [6.45, 7) is 8.87. The van der Waals surface area contributed by atoms with Gasteiger partial charge in [-0.05, 0) is 25.5 Å². The zero-order valence-corrected chi connectivity index (χ0v) is 9.42. The minimum Gasteiger partial charge on any atom is -0.477 e. The molecule has 0 saturated heterocycles. The molecule has 82 valence electrons. The van der Waals surface area contributed by atoms with Gasteiger partial charge in [0, 0.05) is 24.7 Å². The van der Waals surface area contributed by atoms with Crippen LogP contribution in [-0.4, -0.2) is 11.6 Å². The first kappa shape index (κ1) is 11.7. The van der Waals surface area contributed by atoms with Crippen molar-refractivity contribution in [3.8, 4) is 5.88 Å². The molecule has 0 unspecified atom stereocenters. The van der Waals surface area contributed by atoms with Crippen LogP contribution in [0.2, 0.25) is 0 Å². The summed E-state index contributed by atoms with van der Waals surface area (Å²) < 4.78 is 5.51. The third kappa shape index (κ3) is 4.13. The molecule has 0 atom stereocenters. The number of nitrogens with zero attached hydrogens (tertiary/aromatic N) is 1. The Bertz CT molecular complexity index is 347. The highest BCUT2D eigenvalue weighted by Crippen LogP contribution is 2.12. The van der Waals surface area contributed by atoms with E-state index in [1.165, 1.54) is 0 Å². The van der Waals surface area contributed by atoms with Crippen LogP contribution in [0.25, 0.3) is 0 Å². The number of hydrogen-bond donors (Lipinski definition) is 1. The van der Waals surface area contributed by atoms with Crippen LogP contribution in [0.15, 0.2) is 24.3 Å². The highest BCUT2D eigenvalue weighted by molar-refractivity contribution is 5.24. The Labute approximate surface area is 91.0 Å². The molecule has 0 spiro atoms. The molecule has 0 bridgehead atoms. The van der Waals surface area contributed by atoms with Crippen LogP contribution in [-0.2, 0) is 6.54 Å². The van der Waals surface area contributed by atoms with E-state index in [1.54, 1.807) is 0 Å². The molecule has 0 aromatic carbocycles. The lowest BCUT2D eigenvalue weighted by Gasteiger charge is -2.07. The Morgan fingerprint density at radius 1 is 1.53 bits per heavy atom. The standard InChI is InChI=1S/C12H18N2O/c1-9(2)4-5-15-12-7-11(8-13)6-10(3)14-12/h6-7H,1,4-5,8,13H2,2-3H3. The van der Waals surface area contributed by atoms with Crippen LogP contribution in [0.1, 0.15) is 24.6 Å². The van der Waals surface area contributed by atoms with Gasteiger partial charge in [-0.15, -0.1) is 6.58 Å². The Morgan fingerprint density at radius 3 is 2.87 bits per heavy atom. The summed E-state index contributed by atoms with van der Waals surface area (Å²) in [6.07, 6.45) is 0.855. The van der Waals surface area contributed by atoms with E-state index < -0.39 is 0 Å². The maximum Gasteiger partial charge on any atom is 0.213 e. The zero-order valence-electron chi connectivity index (χ0n) is 9.42. The third-order valence-corrected chi connectivity index (χ3v) is 2.00. The predicted octanol–water partition coefficient (Wildman–Crippen LogP) is 2.19. The smallest absolute Gasteiger partial charge is 0.213 e. The summed E-state index contributed by atoms with van der Waals surface area (Å²) in [4.78, 5) is 4.27. The highest BCUT2D eigenvalue weighted by Gasteiger charge is 2.00. The van der Waals surface area contributed by atoms with Crippen LogP contribution in [0, 0.1) is 6.92 Å². The van der Waals surface area contributed by atoms with Gasteiger partial charge in [0.05, 0.1) is 6.61 Å². The molecule has 1 heterocycles. The normalized spacial score (nSPS) is 10.1. The molecule has 1 rings (SSSR count). The molecule has 0 aliphatic heterocycles. The van der Waals surface area contributed by atoms with E-state index in [0.717, 1.165) is 23.3 Å². The van der Waals surface area contributed by atoms with Gasteiger partial charge in [0.25, 0.3) is 0 Å². The monoisotopic (exact) mass is 206 g/mol. The van der Waals surface area contributed by atoms with Gasteiger partial charge in [0.15, 0.2) is 0 Å². The van der Waals surface area contributed by atoms with Gasteiger partial charge >= 0.3 is 0 Å². The predicted molar refractivity (Wildman–Crippen MR) is 61.8 cm³/mol. The average molecular weight is 206 g/mol. The van der Waals surface area contributed by atoms with Crippen molar-refractivity contribution in [2.75, 3.05) is 6.61 Å². The minimum atomic E-state index is 0.514.